The first-order valence-electron chi connectivity index (χ1n) is 6.79. The zero-order valence-corrected chi connectivity index (χ0v) is 11.5. The molecule has 2 rings (SSSR count). The molecule has 1 aliphatic rings. The van der Waals surface area contributed by atoms with Gasteiger partial charge in [0, 0.05) is 10.9 Å². The van der Waals surface area contributed by atoms with Gasteiger partial charge in [0.1, 0.15) is 0 Å². The number of hydrogen-bond acceptors (Lipinski definition) is 2. The van der Waals surface area contributed by atoms with E-state index in [1.165, 1.54) is 42.6 Å². The van der Waals surface area contributed by atoms with Crippen molar-refractivity contribution in [2.24, 2.45) is 11.7 Å². The van der Waals surface area contributed by atoms with Crippen molar-refractivity contribution >= 4 is 11.8 Å². The predicted octanol–water partition coefficient (Wildman–Crippen LogP) is 4.38. The van der Waals surface area contributed by atoms with Gasteiger partial charge in [0.2, 0.25) is 0 Å². The highest BCUT2D eigenvalue weighted by Gasteiger charge is 2.21. The molecule has 0 heterocycles. The molecule has 1 aromatic carbocycles. The van der Waals surface area contributed by atoms with Crippen LogP contribution in [-0.2, 0) is 0 Å². The van der Waals surface area contributed by atoms with Crippen molar-refractivity contribution < 1.29 is 0 Å². The van der Waals surface area contributed by atoms with Gasteiger partial charge in [-0.1, -0.05) is 38.3 Å². The van der Waals surface area contributed by atoms with Gasteiger partial charge >= 0.3 is 0 Å². The summed E-state index contributed by atoms with van der Waals surface area (Å²) in [5.41, 5.74) is 7.70. The molecular formula is C15H23NS. The van der Waals surface area contributed by atoms with Crippen LogP contribution in [0, 0.1) is 5.92 Å². The summed E-state index contributed by atoms with van der Waals surface area (Å²) >= 11 is 1.89. The van der Waals surface area contributed by atoms with E-state index >= 15 is 0 Å². The van der Waals surface area contributed by atoms with Crippen molar-refractivity contribution in [1.29, 1.82) is 0 Å². The van der Waals surface area contributed by atoms with Crippen LogP contribution in [0.15, 0.2) is 29.2 Å². The van der Waals surface area contributed by atoms with Crippen LogP contribution >= 0.6 is 11.8 Å². The predicted molar refractivity (Wildman–Crippen MR) is 76.3 cm³/mol. The lowest BCUT2D eigenvalue weighted by Gasteiger charge is -2.27. The van der Waals surface area contributed by atoms with E-state index in [1.54, 1.807) is 0 Å². The Hall–Kier alpha value is -0.470. The van der Waals surface area contributed by atoms with E-state index in [9.17, 15) is 0 Å². The van der Waals surface area contributed by atoms with E-state index in [4.69, 9.17) is 5.73 Å². The van der Waals surface area contributed by atoms with E-state index in [2.05, 4.69) is 31.2 Å². The highest BCUT2D eigenvalue weighted by atomic mass is 32.2. The minimum atomic E-state index is 0.246. The lowest BCUT2D eigenvalue weighted by atomic mass is 9.81. The number of hydrogen-bond donors (Lipinski definition) is 1. The van der Waals surface area contributed by atoms with Crippen LogP contribution < -0.4 is 5.73 Å². The first kappa shape index (κ1) is 13.0. The monoisotopic (exact) mass is 249 g/mol. The molecular weight excluding hydrogens is 226 g/mol. The summed E-state index contributed by atoms with van der Waals surface area (Å²) in [4.78, 5) is 1.35. The van der Waals surface area contributed by atoms with Crippen molar-refractivity contribution in [1.82, 2.24) is 0 Å². The Morgan fingerprint density at radius 1 is 1.18 bits per heavy atom. The fourth-order valence-electron chi connectivity index (χ4n) is 2.72. The molecule has 1 aliphatic carbocycles. The molecule has 0 radical (unpaired) electrons. The van der Waals surface area contributed by atoms with Crippen LogP contribution in [0.2, 0.25) is 0 Å². The third-order valence-electron chi connectivity index (χ3n) is 3.73. The summed E-state index contributed by atoms with van der Waals surface area (Å²) in [5, 5.41) is 0. The molecule has 17 heavy (non-hydrogen) atoms. The van der Waals surface area contributed by atoms with Gasteiger partial charge in [0.25, 0.3) is 0 Å². The van der Waals surface area contributed by atoms with Crippen molar-refractivity contribution in [3.63, 3.8) is 0 Å². The lowest BCUT2D eigenvalue weighted by molar-refractivity contribution is 0.308. The first-order chi connectivity index (χ1) is 8.31. The molecule has 2 heteroatoms. The molecule has 0 aromatic heterocycles. The number of rotatable bonds is 4. The Morgan fingerprint density at radius 3 is 2.41 bits per heavy atom. The van der Waals surface area contributed by atoms with Crippen LogP contribution in [-0.4, -0.2) is 5.75 Å². The Kier molecular flexibility index (Phi) is 4.93. The molecule has 0 spiro atoms. The van der Waals surface area contributed by atoms with E-state index in [-0.39, 0.29) is 6.04 Å². The molecule has 0 unspecified atom stereocenters. The number of thioether (sulfide) groups is 1. The van der Waals surface area contributed by atoms with Gasteiger partial charge in [-0.3, -0.25) is 0 Å². The highest BCUT2D eigenvalue weighted by Crippen LogP contribution is 2.33. The average Bonchev–Trinajstić information content (AvgIpc) is 2.40. The maximum Gasteiger partial charge on any atom is 0.0323 e. The number of benzene rings is 1. The standard InChI is InChI=1S/C15H23NS/c1-2-17-14-10-8-13(9-11-14)15(16)12-6-4-3-5-7-12/h8-12,15H,2-7,16H2,1H3/t15-/m1/s1. The molecule has 0 amide bonds. The van der Waals surface area contributed by atoms with Crippen LogP contribution in [0.3, 0.4) is 0 Å². The second-order valence-electron chi connectivity index (χ2n) is 4.93. The van der Waals surface area contributed by atoms with Crippen LogP contribution in [0.1, 0.15) is 50.6 Å². The molecule has 94 valence electrons. The second kappa shape index (κ2) is 6.46. The van der Waals surface area contributed by atoms with E-state index in [1.807, 2.05) is 11.8 Å². The Labute approximate surface area is 109 Å². The summed E-state index contributed by atoms with van der Waals surface area (Å²) < 4.78 is 0. The molecule has 1 atom stereocenters. The Morgan fingerprint density at radius 2 is 1.82 bits per heavy atom. The van der Waals surface area contributed by atoms with Gasteiger partial charge in [0.05, 0.1) is 0 Å². The van der Waals surface area contributed by atoms with Gasteiger partial charge in [0.15, 0.2) is 0 Å². The summed E-state index contributed by atoms with van der Waals surface area (Å²) in [6, 6.07) is 9.11. The smallest absolute Gasteiger partial charge is 0.0323 e. The van der Waals surface area contributed by atoms with Crippen molar-refractivity contribution in [3.8, 4) is 0 Å². The van der Waals surface area contributed by atoms with Gasteiger partial charge < -0.3 is 5.73 Å². The molecule has 0 bridgehead atoms. The van der Waals surface area contributed by atoms with E-state index < -0.39 is 0 Å². The quantitative estimate of drug-likeness (QED) is 0.801. The summed E-state index contributed by atoms with van der Waals surface area (Å²) in [6.07, 6.45) is 6.75. The minimum absolute atomic E-state index is 0.246. The molecule has 1 fully saturated rings. The average molecular weight is 249 g/mol. The third-order valence-corrected chi connectivity index (χ3v) is 4.63. The van der Waals surface area contributed by atoms with Crippen LogP contribution in [0.25, 0.3) is 0 Å². The molecule has 2 N–H and O–H groups in total. The van der Waals surface area contributed by atoms with Gasteiger partial charge in [-0.15, -0.1) is 11.8 Å². The van der Waals surface area contributed by atoms with Gasteiger partial charge in [-0.2, -0.15) is 0 Å². The zero-order valence-electron chi connectivity index (χ0n) is 10.7. The van der Waals surface area contributed by atoms with E-state index in [0.29, 0.717) is 5.92 Å². The second-order valence-corrected chi connectivity index (χ2v) is 6.26. The van der Waals surface area contributed by atoms with Crippen molar-refractivity contribution in [3.05, 3.63) is 29.8 Å². The Balaban J connectivity index is 2.00. The third kappa shape index (κ3) is 3.49. The van der Waals surface area contributed by atoms with E-state index in [0.717, 1.165) is 5.75 Å². The number of nitrogens with two attached hydrogens (primary N) is 1. The molecule has 1 aromatic rings. The summed E-state index contributed by atoms with van der Waals surface area (Å²) in [6.45, 7) is 2.19. The van der Waals surface area contributed by atoms with Crippen LogP contribution in [0.5, 0.6) is 0 Å². The molecule has 0 saturated heterocycles. The lowest BCUT2D eigenvalue weighted by Crippen LogP contribution is -2.23. The molecule has 1 saturated carbocycles. The maximum atomic E-state index is 6.39. The zero-order chi connectivity index (χ0) is 12.1. The highest BCUT2D eigenvalue weighted by molar-refractivity contribution is 7.99. The first-order valence-corrected chi connectivity index (χ1v) is 7.78. The normalized spacial score (nSPS) is 19.2. The minimum Gasteiger partial charge on any atom is -0.324 e. The topological polar surface area (TPSA) is 26.0 Å². The van der Waals surface area contributed by atoms with Gasteiger partial charge in [-0.05, 0) is 42.2 Å². The maximum absolute atomic E-state index is 6.39. The fraction of sp³-hybridized carbons (Fsp3) is 0.600. The van der Waals surface area contributed by atoms with Gasteiger partial charge in [-0.25, -0.2) is 0 Å². The molecule has 0 aliphatic heterocycles. The largest absolute Gasteiger partial charge is 0.324 e. The summed E-state index contributed by atoms with van der Waals surface area (Å²) in [7, 11) is 0. The van der Waals surface area contributed by atoms with Crippen LogP contribution in [0.4, 0.5) is 0 Å². The van der Waals surface area contributed by atoms with Crippen molar-refractivity contribution in [2.75, 3.05) is 5.75 Å². The fourth-order valence-corrected chi connectivity index (χ4v) is 3.38. The molecule has 1 nitrogen and oxygen atoms in total. The van der Waals surface area contributed by atoms with Crippen molar-refractivity contribution in [2.45, 2.75) is 50.0 Å². The SMILES string of the molecule is CCSc1ccc([C@H](N)C2CCCCC2)cc1. The summed E-state index contributed by atoms with van der Waals surface area (Å²) in [5.74, 6) is 1.84. The Bertz CT molecular complexity index is 327.